The number of carboxylic acids is 1. The average molecular weight is 427 g/mol. The first-order valence-electron chi connectivity index (χ1n) is 9.04. The zero-order chi connectivity index (χ0) is 21.9. The molecule has 0 amide bonds. The summed E-state index contributed by atoms with van der Waals surface area (Å²) in [6.45, 7) is 3.34. The third-order valence-corrected chi connectivity index (χ3v) is 3.98. The fourth-order valence-electron chi connectivity index (χ4n) is 2.28. The molecule has 156 valence electrons. The maximum atomic E-state index is 9.00. The van der Waals surface area contributed by atoms with Crippen LogP contribution in [0.3, 0.4) is 0 Å². The molecule has 4 N–H and O–H groups in total. The molecule has 7 nitrogen and oxygen atoms in total. The van der Waals surface area contributed by atoms with Gasteiger partial charge in [0, 0.05) is 23.7 Å². The van der Waals surface area contributed by atoms with Gasteiger partial charge in [-0.3, -0.25) is 4.79 Å². The molecular formula is C22H23ClN4O3. The average Bonchev–Trinajstić information content (AvgIpc) is 2.70. The highest BCUT2D eigenvalue weighted by molar-refractivity contribution is 6.31. The van der Waals surface area contributed by atoms with Gasteiger partial charge in [0.1, 0.15) is 17.3 Å². The smallest absolute Gasteiger partial charge is 0.300 e. The number of pyridine rings is 1. The number of aromatic nitrogens is 1. The molecule has 0 bridgehead atoms. The molecule has 3 aromatic rings. The minimum Gasteiger partial charge on any atom is -0.481 e. The molecule has 0 aliphatic rings. The van der Waals surface area contributed by atoms with E-state index < -0.39 is 5.97 Å². The summed E-state index contributed by atoms with van der Waals surface area (Å²) in [7, 11) is 0. The van der Waals surface area contributed by atoms with Crippen molar-refractivity contribution in [1.29, 1.82) is 0 Å². The molecule has 0 aliphatic carbocycles. The zero-order valence-electron chi connectivity index (χ0n) is 16.7. The molecule has 1 heterocycles. The van der Waals surface area contributed by atoms with Crippen molar-refractivity contribution in [3.05, 3.63) is 83.0 Å². The van der Waals surface area contributed by atoms with Gasteiger partial charge in [-0.1, -0.05) is 41.9 Å². The van der Waals surface area contributed by atoms with E-state index in [1.54, 1.807) is 12.3 Å². The number of nitrogens with two attached hydrogens (primary N) is 1. The number of carboxylic acid groups (broad SMARTS) is 1. The first-order chi connectivity index (χ1) is 14.3. The molecule has 3 rings (SSSR count). The standard InChI is InChI=1S/C20H19ClN4O.C2H4O2/c1-14-10-11-19(23-12-14)25-20(22)24-13-16-17(21)8-5-9-18(16)26-15-6-3-2-4-7-15;1-2(3)4/h2-12H,13H2,1H3,(H3,22,23,24,25);1H3,(H,3,4). The number of nitrogens with zero attached hydrogens (tertiary/aromatic N) is 2. The summed E-state index contributed by atoms with van der Waals surface area (Å²) in [5, 5.41) is 11.0. The van der Waals surface area contributed by atoms with Crippen LogP contribution in [-0.4, -0.2) is 22.0 Å². The van der Waals surface area contributed by atoms with Crippen LogP contribution in [0.15, 0.2) is 71.9 Å². The van der Waals surface area contributed by atoms with Gasteiger partial charge in [0.2, 0.25) is 0 Å². The molecule has 0 radical (unpaired) electrons. The number of nitrogens with one attached hydrogen (secondary N) is 1. The van der Waals surface area contributed by atoms with Crippen LogP contribution in [0.2, 0.25) is 5.02 Å². The number of anilines is 1. The number of aliphatic imine (C=N–C) groups is 1. The molecule has 0 fully saturated rings. The Labute approximate surface area is 180 Å². The van der Waals surface area contributed by atoms with Gasteiger partial charge in [0.25, 0.3) is 5.97 Å². The Hall–Kier alpha value is -3.58. The van der Waals surface area contributed by atoms with E-state index in [9.17, 15) is 0 Å². The fraction of sp³-hybridized carbons (Fsp3) is 0.136. The van der Waals surface area contributed by atoms with Crippen molar-refractivity contribution in [2.45, 2.75) is 20.4 Å². The van der Waals surface area contributed by atoms with Crippen molar-refractivity contribution in [2.24, 2.45) is 10.7 Å². The van der Waals surface area contributed by atoms with Crippen molar-refractivity contribution >= 4 is 29.3 Å². The van der Waals surface area contributed by atoms with E-state index >= 15 is 0 Å². The van der Waals surface area contributed by atoms with Crippen molar-refractivity contribution in [3.63, 3.8) is 0 Å². The first-order valence-corrected chi connectivity index (χ1v) is 9.42. The Morgan fingerprint density at radius 3 is 2.50 bits per heavy atom. The number of benzene rings is 2. The third kappa shape index (κ3) is 7.81. The van der Waals surface area contributed by atoms with Crippen LogP contribution in [0, 0.1) is 6.92 Å². The molecule has 2 aromatic carbocycles. The molecule has 30 heavy (non-hydrogen) atoms. The molecule has 0 unspecified atom stereocenters. The molecule has 1 aromatic heterocycles. The highest BCUT2D eigenvalue weighted by Gasteiger charge is 2.09. The van der Waals surface area contributed by atoms with E-state index in [-0.39, 0.29) is 12.5 Å². The maximum absolute atomic E-state index is 9.00. The van der Waals surface area contributed by atoms with E-state index in [1.165, 1.54) is 0 Å². The quantitative estimate of drug-likeness (QED) is 0.397. The Morgan fingerprint density at radius 1 is 1.17 bits per heavy atom. The van der Waals surface area contributed by atoms with Gasteiger partial charge in [-0.05, 0) is 42.8 Å². The molecule has 0 saturated heterocycles. The van der Waals surface area contributed by atoms with Gasteiger partial charge >= 0.3 is 0 Å². The Kier molecular flexibility index (Phi) is 8.65. The number of hydrogen-bond donors (Lipinski definition) is 3. The first kappa shape index (κ1) is 22.7. The number of aryl methyl sites for hydroxylation is 1. The number of aliphatic carboxylic acids is 1. The van der Waals surface area contributed by atoms with Gasteiger partial charge in [-0.25, -0.2) is 9.98 Å². The van der Waals surface area contributed by atoms with Crippen LogP contribution in [0.25, 0.3) is 0 Å². The lowest BCUT2D eigenvalue weighted by Crippen LogP contribution is -2.23. The van der Waals surface area contributed by atoms with E-state index in [1.807, 2.05) is 61.5 Å². The van der Waals surface area contributed by atoms with E-state index in [0.717, 1.165) is 23.8 Å². The van der Waals surface area contributed by atoms with Crippen LogP contribution >= 0.6 is 11.6 Å². The lowest BCUT2D eigenvalue weighted by molar-refractivity contribution is -0.134. The van der Waals surface area contributed by atoms with Gasteiger partial charge < -0.3 is 20.9 Å². The van der Waals surface area contributed by atoms with Crippen LogP contribution in [0.4, 0.5) is 5.82 Å². The van der Waals surface area contributed by atoms with Crippen LogP contribution in [0.1, 0.15) is 18.1 Å². The number of hydrogen-bond acceptors (Lipinski definition) is 4. The van der Waals surface area contributed by atoms with Gasteiger partial charge in [-0.2, -0.15) is 0 Å². The summed E-state index contributed by atoms with van der Waals surface area (Å²) in [5.74, 6) is 1.44. The number of carbonyl (C=O) groups is 1. The predicted octanol–water partition coefficient (Wildman–Crippen LogP) is 4.85. The van der Waals surface area contributed by atoms with Gasteiger partial charge in [0.05, 0.1) is 6.54 Å². The van der Waals surface area contributed by atoms with Gasteiger partial charge in [-0.15, -0.1) is 0 Å². The Bertz CT molecular complexity index is 989. The van der Waals surface area contributed by atoms with Gasteiger partial charge in [0.15, 0.2) is 5.96 Å². The number of guanidine groups is 1. The predicted molar refractivity (Wildman–Crippen MR) is 119 cm³/mol. The minimum absolute atomic E-state index is 0.256. The highest BCUT2D eigenvalue weighted by atomic mass is 35.5. The molecule has 0 saturated carbocycles. The Morgan fingerprint density at radius 2 is 1.87 bits per heavy atom. The lowest BCUT2D eigenvalue weighted by atomic mass is 10.2. The van der Waals surface area contributed by atoms with Crippen molar-refractivity contribution < 1.29 is 14.6 Å². The third-order valence-electron chi connectivity index (χ3n) is 3.62. The van der Waals surface area contributed by atoms with Crippen molar-refractivity contribution in [1.82, 2.24) is 4.98 Å². The zero-order valence-corrected chi connectivity index (χ0v) is 17.4. The fourth-order valence-corrected chi connectivity index (χ4v) is 2.51. The summed E-state index contributed by atoms with van der Waals surface area (Å²) < 4.78 is 5.93. The van der Waals surface area contributed by atoms with Crippen LogP contribution in [-0.2, 0) is 11.3 Å². The maximum Gasteiger partial charge on any atom is 0.300 e. The molecular weight excluding hydrogens is 404 g/mol. The summed E-state index contributed by atoms with van der Waals surface area (Å²) in [6.07, 6.45) is 1.76. The van der Waals surface area contributed by atoms with E-state index in [4.69, 9.17) is 32.0 Å². The molecule has 8 heteroatoms. The summed E-state index contributed by atoms with van der Waals surface area (Å²) in [4.78, 5) is 17.6. The number of ether oxygens (including phenoxy) is 1. The molecule has 0 atom stereocenters. The molecule has 0 aliphatic heterocycles. The largest absolute Gasteiger partial charge is 0.481 e. The van der Waals surface area contributed by atoms with Crippen LogP contribution in [0.5, 0.6) is 11.5 Å². The second-order valence-electron chi connectivity index (χ2n) is 6.20. The lowest BCUT2D eigenvalue weighted by Gasteiger charge is -2.12. The minimum atomic E-state index is -0.833. The number of rotatable bonds is 5. The normalized spacial score (nSPS) is 10.6. The summed E-state index contributed by atoms with van der Waals surface area (Å²) in [5.41, 5.74) is 7.80. The SMILES string of the molecule is CC(=O)O.Cc1ccc(NC(N)=NCc2c(Cl)cccc2Oc2ccccc2)nc1. The second kappa shape index (κ2) is 11.4. The summed E-state index contributed by atoms with van der Waals surface area (Å²) >= 11 is 6.33. The number of halogens is 1. The topological polar surface area (TPSA) is 110 Å². The molecule has 0 spiro atoms. The second-order valence-corrected chi connectivity index (χ2v) is 6.61. The van der Waals surface area contributed by atoms with E-state index in [2.05, 4.69) is 15.3 Å². The summed E-state index contributed by atoms with van der Waals surface area (Å²) in [6, 6.07) is 18.8. The van der Waals surface area contributed by atoms with Crippen molar-refractivity contribution in [2.75, 3.05) is 5.32 Å². The van der Waals surface area contributed by atoms with Crippen molar-refractivity contribution in [3.8, 4) is 11.5 Å². The Balaban J connectivity index is 0.000000735. The monoisotopic (exact) mass is 426 g/mol. The highest BCUT2D eigenvalue weighted by Crippen LogP contribution is 2.31. The van der Waals surface area contributed by atoms with Crippen LogP contribution < -0.4 is 15.8 Å². The van der Waals surface area contributed by atoms with E-state index in [0.29, 0.717) is 16.6 Å². The number of para-hydroxylation sites is 1.